The maximum atomic E-state index is 12.9. The summed E-state index contributed by atoms with van der Waals surface area (Å²) in [5.74, 6) is 0.363. The summed E-state index contributed by atoms with van der Waals surface area (Å²) < 4.78 is 38.7. The molecule has 0 unspecified atom stereocenters. The van der Waals surface area contributed by atoms with Gasteiger partial charge in [-0.25, -0.2) is 4.98 Å². The number of nitrogens with zero attached hydrogens (tertiary/aromatic N) is 2. The molecule has 0 aliphatic carbocycles. The normalized spacial score (nSPS) is 14.5. The van der Waals surface area contributed by atoms with Gasteiger partial charge in [-0.15, -0.1) is 0 Å². The molecule has 1 aliphatic rings. The Labute approximate surface area is 114 Å². The van der Waals surface area contributed by atoms with Gasteiger partial charge in [-0.2, -0.15) is 13.2 Å². The molecular formula is C15H13F3N2. The first kappa shape index (κ1) is 13.0. The van der Waals surface area contributed by atoms with Gasteiger partial charge in [0.2, 0.25) is 0 Å². The molecule has 5 heteroatoms. The molecule has 2 aromatic rings. The monoisotopic (exact) mass is 278 g/mol. The molecule has 0 bridgehead atoms. The molecule has 1 aromatic heterocycles. The zero-order chi connectivity index (χ0) is 14.3. The minimum atomic E-state index is -4.35. The number of hydrogen-bond donors (Lipinski definition) is 0. The summed E-state index contributed by atoms with van der Waals surface area (Å²) >= 11 is 0. The summed E-state index contributed by atoms with van der Waals surface area (Å²) in [6.07, 6.45) is -3.52. The van der Waals surface area contributed by atoms with Crippen LogP contribution in [0.5, 0.6) is 0 Å². The number of hydrogen-bond acceptors (Lipinski definition) is 2. The van der Waals surface area contributed by atoms with Crippen LogP contribution in [0.3, 0.4) is 0 Å². The van der Waals surface area contributed by atoms with E-state index in [4.69, 9.17) is 0 Å². The minimum absolute atomic E-state index is 0.363. The van der Waals surface area contributed by atoms with E-state index < -0.39 is 11.7 Å². The largest absolute Gasteiger partial charge is 0.416 e. The maximum Gasteiger partial charge on any atom is 0.416 e. The summed E-state index contributed by atoms with van der Waals surface area (Å²) in [5, 5.41) is 0. The minimum Gasteiger partial charge on any atom is -0.326 e. The Balaban J connectivity index is 2.06. The molecule has 104 valence electrons. The van der Waals surface area contributed by atoms with Gasteiger partial charge in [0.25, 0.3) is 0 Å². The maximum absolute atomic E-state index is 12.9. The zero-order valence-electron chi connectivity index (χ0n) is 10.9. The van der Waals surface area contributed by atoms with Gasteiger partial charge < -0.3 is 4.90 Å². The fourth-order valence-electron chi connectivity index (χ4n) is 2.53. The summed E-state index contributed by atoms with van der Waals surface area (Å²) in [6.45, 7) is 2.24. The van der Waals surface area contributed by atoms with Crippen LogP contribution in [0.4, 0.5) is 24.7 Å². The van der Waals surface area contributed by atoms with Crippen LogP contribution in [0.2, 0.25) is 0 Å². The van der Waals surface area contributed by atoms with Gasteiger partial charge >= 0.3 is 6.18 Å². The number of alkyl halides is 3. The van der Waals surface area contributed by atoms with E-state index in [9.17, 15) is 13.2 Å². The Morgan fingerprint density at radius 3 is 2.65 bits per heavy atom. The molecular weight excluding hydrogens is 265 g/mol. The molecule has 0 amide bonds. The van der Waals surface area contributed by atoms with Crippen LogP contribution < -0.4 is 4.90 Å². The van der Waals surface area contributed by atoms with Crippen LogP contribution in [-0.2, 0) is 12.6 Å². The molecule has 2 nitrogen and oxygen atoms in total. The molecule has 3 rings (SSSR count). The van der Waals surface area contributed by atoms with Gasteiger partial charge in [0.15, 0.2) is 0 Å². The standard InChI is InChI=1S/C15H13F3N2/c1-10-8-12(15(16,17)18)9-14(19-10)20-7-6-11-4-2-3-5-13(11)20/h2-5,8-9H,6-7H2,1H3. The van der Waals surface area contributed by atoms with Crippen molar-refractivity contribution in [3.8, 4) is 0 Å². The molecule has 0 radical (unpaired) electrons. The number of aromatic nitrogens is 1. The van der Waals surface area contributed by atoms with Crippen molar-refractivity contribution in [3.63, 3.8) is 0 Å². The van der Waals surface area contributed by atoms with Crippen molar-refractivity contribution in [1.82, 2.24) is 4.98 Å². The van der Waals surface area contributed by atoms with E-state index in [2.05, 4.69) is 4.98 Å². The number of aryl methyl sites for hydroxylation is 1. The molecule has 0 N–H and O–H groups in total. The summed E-state index contributed by atoms with van der Waals surface area (Å²) in [4.78, 5) is 6.10. The van der Waals surface area contributed by atoms with Crippen LogP contribution in [0.25, 0.3) is 0 Å². The fraction of sp³-hybridized carbons (Fsp3) is 0.267. The number of anilines is 2. The Bertz CT molecular complexity index is 650. The van der Waals surface area contributed by atoms with Crippen LogP contribution in [0.1, 0.15) is 16.8 Å². The second-order valence-corrected chi connectivity index (χ2v) is 4.88. The van der Waals surface area contributed by atoms with E-state index in [0.717, 1.165) is 29.8 Å². The number of benzene rings is 1. The van der Waals surface area contributed by atoms with Crippen molar-refractivity contribution >= 4 is 11.5 Å². The Morgan fingerprint density at radius 1 is 1.15 bits per heavy atom. The number of fused-ring (bicyclic) bond motifs is 1. The highest BCUT2D eigenvalue weighted by Gasteiger charge is 2.32. The van der Waals surface area contributed by atoms with Gasteiger partial charge in [-0.05, 0) is 37.1 Å². The first-order chi connectivity index (χ1) is 9.45. The zero-order valence-corrected chi connectivity index (χ0v) is 10.9. The molecule has 0 spiro atoms. The predicted octanol–water partition coefficient (Wildman–Crippen LogP) is 4.10. The molecule has 0 atom stereocenters. The van der Waals surface area contributed by atoms with Crippen molar-refractivity contribution in [3.05, 3.63) is 53.2 Å². The summed E-state index contributed by atoms with van der Waals surface area (Å²) in [6, 6.07) is 9.93. The van der Waals surface area contributed by atoms with E-state index in [1.807, 2.05) is 29.2 Å². The Morgan fingerprint density at radius 2 is 1.90 bits per heavy atom. The van der Waals surface area contributed by atoms with Gasteiger partial charge in [0.1, 0.15) is 5.82 Å². The average Bonchev–Trinajstić information content (AvgIpc) is 2.80. The number of rotatable bonds is 1. The van der Waals surface area contributed by atoms with E-state index >= 15 is 0 Å². The highest BCUT2D eigenvalue weighted by atomic mass is 19.4. The first-order valence-electron chi connectivity index (χ1n) is 6.36. The van der Waals surface area contributed by atoms with E-state index in [-0.39, 0.29) is 0 Å². The third kappa shape index (κ3) is 2.24. The Kier molecular flexibility index (Phi) is 2.92. The van der Waals surface area contributed by atoms with Crippen LogP contribution in [-0.4, -0.2) is 11.5 Å². The van der Waals surface area contributed by atoms with E-state index in [1.54, 1.807) is 6.92 Å². The molecule has 1 aliphatic heterocycles. The van der Waals surface area contributed by atoms with Crippen molar-refractivity contribution in [1.29, 1.82) is 0 Å². The van der Waals surface area contributed by atoms with Gasteiger partial charge in [0, 0.05) is 17.9 Å². The van der Waals surface area contributed by atoms with Crippen LogP contribution >= 0.6 is 0 Å². The molecule has 1 aromatic carbocycles. The lowest BCUT2D eigenvalue weighted by Crippen LogP contribution is -2.17. The third-order valence-electron chi connectivity index (χ3n) is 3.43. The second-order valence-electron chi connectivity index (χ2n) is 4.88. The van der Waals surface area contributed by atoms with Crippen molar-refractivity contribution in [2.45, 2.75) is 19.5 Å². The highest BCUT2D eigenvalue weighted by Crippen LogP contribution is 2.36. The smallest absolute Gasteiger partial charge is 0.326 e. The predicted molar refractivity (Wildman–Crippen MR) is 71.1 cm³/mol. The SMILES string of the molecule is Cc1cc(C(F)(F)F)cc(N2CCc3ccccc32)n1. The molecule has 0 saturated heterocycles. The lowest BCUT2D eigenvalue weighted by molar-refractivity contribution is -0.137. The fourth-order valence-corrected chi connectivity index (χ4v) is 2.53. The second kappa shape index (κ2) is 4.51. The quantitative estimate of drug-likeness (QED) is 0.780. The number of halogens is 3. The van der Waals surface area contributed by atoms with Gasteiger partial charge in [0.05, 0.1) is 5.56 Å². The van der Waals surface area contributed by atoms with Gasteiger partial charge in [-0.3, -0.25) is 0 Å². The topological polar surface area (TPSA) is 16.1 Å². The van der Waals surface area contributed by atoms with Crippen LogP contribution in [0.15, 0.2) is 36.4 Å². The summed E-state index contributed by atoms with van der Waals surface area (Å²) in [5.41, 5.74) is 1.81. The number of pyridine rings is 1. The highest BCUT2D eigenvalue weighted by molar-refractivity contribution is 5.68. The average molecular weight is 278 g/mol. The Hall–Kier alpha value is -2.04. The molecule has 20 heavy (non-hydrogen) atoms. The van der Waals surface area contributed by atoms with Crippen LogP contribution in [0, 0.1) is 6.92 Å². The molecule has 0 saturated carbocycles. The molecule has 0 fully saturated rings. The van der Waals surface area contributed by atoms with Crippen molar-refractivity contribution < 1.29 is 13.2 Å². The summed E-state index contributed by atoms with van der Waals surface area (Å²) in [7, 11) is 0. The van der Waals surface area contributed by atoms with Gasteiger partial charge in [-0.1, -0.05) is 18.2 Å². The molecule has 2 heterocycles. The lowest BCUT2D eigenvalue weighted by Gasteiger charge is -2.20. The van der Waals surface area contributed by atoms with E-state index in [1.165, 1.54) is 0 Å². The first-order valence-corrected chi connectivity index (χ1v) is 6.36. The van der Waals surface area contributed by atoms with Crippen molar-refractivity contribution in [2.24, 2.45) is 0 Å². The lowest BCUT2D eigenvalue weighted by atomic mass is 10.2. The third-order valence-corrected chi connectivity index (χ3v) is 3.43. The van der Waals surface area contributed by atoms with E-state index in [0.29, 0.717) is 18.1 Å². The number of para-hydroxylation sites is 1. The van der Waals surface area contributed by atoms with Crippen molar-refractivity contribution in [2.75, 3.05) is 11.4 Å².